The van der Waals surface area contributed by atoms with Crippen LogP contribution < -0.4 is 0 Å². The van der Waals surface area contributed by atoms with E-state index in [1.807, 2.05) is 19.2 Å². The minimum absolute atomic E-state index is 0.0476. The molecule has 3 rings (SSSR count). The second-order valence-corrected chi connectivity index (χ2v) is 5.23. The maximum atomic E-state index is 5.98. The Balaban J connectivity index is 1.76. The lowest BCUT2D eigenvalue weighted by molar-refractivity contribution is 0.212. The van der Waals surface area contributed by atoms with Gasteiger partial charge in [0.05, 0.1) is 5.92 Å². The maximum Gasteiger partial charge on any atom is 0.174 e. The van der Waals surface area contributed by atoms with E-state index in [-0.39, 0.29) is 5.92 Å². The van der Waals surface area contributed by atoms with Gasteiger partial charge in [0.15, 0.2) is 10.5 Å². The van der Waals surface area contributed by atoms with Crippen LogP contribution in [0.1, 0.15) is 31.4 Å². The van der Waals surface area contributed by atoms with Gasteiger partial charge >= 0.3 is 0 Å². The summed E-state index contributed by atoms with van der Waals surface area (Å²) in [4.78, 5) is 6.07. The Bertz CT molecular complexity index is 676. The van der Waals surface area contributed by atoms with E-state index in [2.05, 4.69) is 22.1 Å². The number of rotatable bonds is 3. The van der Waals surface area contributed by atoms with E-state index in [4.69, 9.17) is 21.7 Å². The van der Waals surface area contributed by atoms with E-state index >= 15 is 0 Å². The first-order valence-corrected chi connectivity index (χ1v) is 7.02. The van der Waals surface area contributed by atoms with Gasteiger partial charge < -0.3 is 19.4 Å². The van der Waals surface area contributed by atoms with E-state index in [1.54, 1.807) is 12.5 Å². The van der Waals surface area contributed by atoms with Crippen LogP contribution in [0, 0.1) is 4.77 Å². The van der Waals surface area contributed by atoms with Gasteiger partial charge in [-0.3, -0.25) is 0 Å². The number of imidazole rings is 1. The molecule has 0 fully saturated rings. The highest BCUT2D eigenvalue weighted by Gasteiger charge is 2.21. The SMILES string of the molecule is CC(C1=COC=C(C2=CC=CCC2)O1)c1c[nH]c(=S)[nH]1. The Morgan fingerprint density at radius 1 is 1.35 bits per heavy atom. The fraction of sp³-hybridized carbons (Fsp3) is 0.267. The molecular formula is C15H16N2O2S. The first kappa shape index (κ1) is 13.0. The summed E-state index contributed by atoms with van der Waals surface area (Å²) in [7, 11) is 0. The van der Waals surface area contributed by atoms with E-state index in [1.165, 1.54) is 0 Å². The average Bonchev–Trinajstić information content (AvgIpc) is 2.94. The van der Waals surface area contributed by atoms with E-state index in [0.29, 0.717) is 4.77 Å². The number of hydrogen-bond acceptors (Lipinski definition) is 3. The molecule has 0 saturated heterocycles. The lowest BCUT2D eigenvalue weighted by Gasteiger charge is -2.22. The van der Waals surface area contributed by atoms with Gasteiger partial charge in [-0.15, -0.1) is 0 Å². The highest BCUT2D eigenvalue weighted by molar-refractivity contribution is 7.71. The molecule has 5 heteroatoms. The van der Waals surface area contributed by atoms with Crippen molar-refractivity contribution in [3.05, 3.63) is 64.5 Å². The predicted molar refractivity (Wildman–Crippen MR) is 79.2 cm³/mol. The minimum atomic E-state index is 0.0476. The highest BCUT2D eigenvalue weighted by atomic mass is 32.1. The van der Waals surface area contributed by atoms with Crippen molar-refractivity contribution >= 4 is 12.2 Å². The molecule has 104 valence electrons. The van der Waals surface area contributed by atoms with Crippen LogP contribution in [0.25, 0.3) is 0 Å². The van der Waals surface area contributed by atoms with Gasteiger partial charge in [0.2, 0.25) is 0 Å². The molecule has 0 aromatic carbocycles. The van der Waals surface area contributed by atoms with Crippen LogP contribution in [0.3, 0.4) is 0 Å². The molecule has 1 atom stereocenters. The molecule has 0 saturated carbocycles. The lowest BCUT2D eigenvalue weighted by Crippen LogP contribution is -2.09. The molecule has 1 aliphatic heterocycles. The van der Waals surface area contributed by atoms with Crippen LogP contribution in [0.5, 0.6) is 0 Å². The van der Waals surface area contributed by atoms with Crippen LogP contribution in [-0.4, -0.2) is 9.97 Å². The summed E-state index contributed by atoms with van der Waals surface area (Å²) in [5.41, 5.74) is 2.14. The topological polar surface area (TPSA) is 50.0 Å². The number of nitrogens with one attached hydrogen (secondary N) is 2. The Morgan fingerprint density at radius 3 is 2.95 bits per heavy atom. The largest absolute Gasteiger partial charge is 0.465 e. The van der Waals surface area contributed by atoms with Gasteiger partial charge in [-0.25, -0.2) is 0 Å². The summed E-state index contributed by atoms with van der Waals surface area (Å²) in [6, 6.07) is 0. The number of allylic oxidation sites excluding steroid dienone is 5. The Labute approximate surface area is 122 Å². The lowest BCUT2D eigenvalue weighted by atomic mass is 10.0. The van der Waals surface area contributed by atoms with Crippen LogP contribution >= 0.6 is 12.2 Å². The van der Waals surface area contributed by atoms with Gasteiger partial charge in [-0.2, -0.15) is 0 Å². The number of aromatic nitrogens is 2. The van der Waals surface area contributed by atoms with Crippen molar-refractivity contribution in [1.29, 1.82) is 0 Å². The highest BCUT2D eigenvalue weighted by Crippen LogP contribution is 2.32. The molecule has 20 heavy (non-hydrogen) atoms. The van der Waals surface area contributed by atoms with Gasteiger partial charge in [0, 0.05) is 11.9 Å². The zero-order valence-electron chi connectivity index (χ0n) is 11.2. The quantitative estimate of drug-likeness (QED) is 0.820. The van der Waals surface area contributed by atoms with Crippen molar-refractivity contribution in [3.8, 4) is 0 Å². The van der Waals surface area contributed by atoms with Crippen LogP contribution in [0.2, 0.25) is 0 Å². The second kappa shape index (κ2) is 5.54. The molecular weight excluding hydrogens is 272 g/mol. The van der Waals surface area contributed by atoms with Crippen molar-refractivity contribution in [2.24, 2.45) is 0 Å². The summed E-state index contributed by atoms with van der Waals surface area (Å²) in [6.07, 6.45) is 13.4. The molecule has 1 aromatic heterocycles. The molecule has 2 N–H and O–H groups in total. The average molecular weight is 288 g/mol. The Kier molecular flexibility index (Phi) is 3.60. The standard InChI is InChI=1S/C15H16N2O2S/c1-10(12-7-16-15(20)17-12)13-8-18-9-14(19-13)11-5-3-2-4-6-11/h2-3,5,7-10H,4,6H2,1H3,(H2,16,17,20). The Hall–Kier alpha value is -2.01. The van der Waals surface area contributed by atoms with E-state index in [9.17, 15) is 0 Å². The fourth-order valence-corrected chi connectivity index (χ4v) is 2.39. The molecule has 0 spiro atoms. The normalized spacial score (nSPS) is 19.4. The van der Waals surface area contributed by atoms with Gasteiger partial charge in [-0.05, 0) is 37.6 Å². The Morgan fingerprint density at radius 2 is 2.25 bits per heavy atom. The third-order valence-electron chi connectivity index (χ3n) is 3.43. The summed E-state index contributed by atoms with van der Waals surface area (Å²) >= 11 is 5.05. The van der Waals surface area contributed by atoms with E-state index < -0.39 is 0 Å². The van der Waals surface area contributed by atoms with Crippen LogP contribution in [-0.2, 0) is 9.47 Å². The molecule has 4 nitrogen and oxygen atoms in total. The summed E-state index contributed by atoms with van der Waals surface area (Å²) in [6.45, 7) is 2.04. The van der Waals surface area contributed by atoms with Crippen molar-refractivity contribution < 1.29 is 9.47 Å². The van der Waals surface area contributed by atoms with Crippen molar-refractivity contribution in [2.45, 2.75) is 25.7 Å². The maximum absolute atomic E-state index is 5.98. The first-order chi connectivity index (χ1) is 9.74. The molecule has 0 radical (unpaired) electrons. The number of aromatic amines is 2. The predicted octanol–water partition coefficient (Wildman–Crippen LogP) is 4.18. The van der Waals surface area contributed by atoms with Gasteiger partial charge in [-0.1, -0.05) is 18.2 Å². The number of H-pyrrole nitrogens is 2. The van der Waals surface area contributed by atoms with Gasteiger partial charge in [0.25, 0.3) is 0 Å². The third kappa shape index (κ3) is 2.63. The van der Waals surface area contributed by atoms with Crippen molar-refractivity contribution in [2.75, 3.05) is 0 Å². The van der Waals surface area contributed by atoms with E-state index in [0.717, 1.165) is 35.6 Å². The van der Waals surface area contributed by atoms with Crippen molar-refractivity contribution in [3.63, 3.8) is 0 Å². The minimum Gasteiger partial charge on any atom is -0.465 e. The first-order valence-electron chi connectivity index (χ1n) is 6.61. The molecule has 2 aliphatic rings. The zero-order valence-corrected chi connectivity index (χ0v) is 12.0. The molecule has 1 aromatic rings. The summed E-state index contributed by atoms with van der Waals surface area (Å²) in [5, 5.41) is 0. The molecule has 0 amide bonds. The van der Waals surface area contributed by atoms with Crippen LogP contribution in [0.4, 0.5) is 0 Å². The second-order valence-electron chi connectivity index (χ2n) is 4.82. The molecule has 1 unspecified atom stereocenters. The van der Waals surface area contributed by atoms with Crippen molar-refractivity contribution in [1.82, 2.24) is 9.97 Å². The molecule has 1 aliphatic carbocycles. The summed E-state index contributed by atoms with van der Waals surface area (Å²) in [5.74, 6) is 1.60. The molecule has 2 heterocycles. The van der Waals surface area contributed by atoms with Crippen LogP contribution in [0.15, 0.2) is 54.0 Å². The molecule has 0 bridgehead atoms. The smallest absolute Gasteiger partial charge is 0.174 e. The zero-order chi connectivity index (χ0) is 13.9. The fourth-order valence-electron chi connectivity index (χ4n) is 2.21. The third-order valence-corrected chi connectivity index (χ3v) is 3.65. The number of ether oxygens (including phenoxy) is 2. The van der Waals surface area contributed by atoms with Gasteiger partial charge in [0.1, 0.15) is 18.3 Å². The number of hydrogen-bond donors (Lipinski definition) is 2. The summed E-state index contributed by atoms with van der Waals surface area (Å²) < 4.78 is 12.0. The monoisotopic (exact) mass is 288 g/mol.